The second-order valence-electron chi connectivity index (χ2n) is 3.29. The highest BCUT2D eigenvalue weighted by Gasteiger charge is 2.25. The third-order valence-electron chi connectivity index (χ3n) is 2.24. The van der Waals surface area contributed by atoms with E-state index in [1.807, 2.05) is 0 Å². The number of esters is 1. The number of unbranched alkanes of at least 4 members (excludes halogenated alkanes) is 1. The lowest BCUT2D eigenvalue weighted by atomic mass is 10.0. The van der Waals surface area contributed by atoms with Crippen LogP contribution in [0, 0.1) is 5.92 Å². The van der Waals surface area contributed by atoms with Crippen LogP contribution in [0.3, 0.4) is 0 Å². The van der Waals surface area contributed by atoms with Gasteiger partial charge < -0.3 is 9.84 Å². The largest absolute Gasteiger partial charge is 0.481 e. The molecule has 4 nitrogen and oxygen atoms in total. The van der Waals surface area contributed by atoms with Crippen LogP contribution in [-0.4, -0.2) is 23.7 Å². The van der Waals surface area contributed by atoms with Crippen molar-refractivity contribution in [1.29, 1.82) is 0 Å². The van der Waals surface area contributed by atoms with E-state index in [0.29, 0.717) is 13.0 Å². The van der Waals surface area contributed by atoms with Crippen LogP contribution in [0.15, 0.2) is 0 Å². The van der Waals surface area contributed by atoms with E-state index in [-0.39, 0.29) is 18.3 Å². The molecule has 1 fully saturated rings. The minimum atomic E-state index is -0.769. The Morgan fingerprint density at radius 1 is 1.54 bits per heavy atom. The van der Waals surface area contributed by atoms with E-state index in [0.717, 1.165) is 19.3 Å². The molecule has 0 spiro atoms. The molecule has 0 aromatic heterocycles. The zero-order valence-electron chi connectivity index (χ0n) is 7.49. The summed E-state index contributed by atoms with van der Waals surface area (Å²) in [4.78, 5) is 21.1. The summed E-state index contributed by atoms with van der Waals surface area (Å²) in [6.45, 7) is 0.530. The van der Waals surface area contributed by atoms with Crippen LogP contribution in [-0.2, 0) is 14.3 Å². The van der Waals surface area contributed by atoms with Gasteiger partial charge in [-0.15, -0.1) is 0 Å². The average Bonchev–Trinajstić information content (AvgIpc) is 2.45. The molecule has 1 rings (SSSR count). The highest BCUT2D eigenvalue weighted by molar-refractivity contribution is 5.74. The van der Waals surface area contributed by atoms with Crippen molar-refractivity contribution in [3.8, 4) is 0 Å². The molecule has 0 amide bonds. The van der Waals surface area contributed by atoms with Gasteiger partial charge in [0, 0.05) is 6.42 Å². The topological polar surface area (TPSA) is 63.6 Å². The normalized spacial score (nSPS) is 21.5. The number of cyclic esters (lactones) is 1. The predicted octanol–water partition coefficient (Wildman–Crippen LogP) is 1.19. The summed E-state index contributed by atoms with van der Waals surface area (Å²) in [5.41, 5.74) is 0. The molecule has 0 radical (unpaired) electrons. The maximum absolute atomic E-state index is 11.0. The summed E-state index contributed by atoms with van der Waals surface area (Å²) in [7, 11) is 0. The number of carboxylic acid groups (broad SMARTS) is 1. The number of carbonyl (C=O) groups excluding carboxylic acids is 1. The van der Waals surface area contributed by atoms with Crippen molar-refractivity contribution in [2.45, 2.75) is 32.1 Å². The Morgan fingerprint density at radius 2 is 2.31 bits per heavy atom. The van der Waals surface area contributed by atoms with Gasteiger partial charge in [0.05, 0.1) is 12.5 Å². The van der Waals surface area contributed by atoms with Gasteiger partial charge in [-0.2, -0.15) is 0 Å². The molecule has 1 unspecified atom stereocenters. The van der Waals surface area contributed by atoms with E-state index >= 15 is 0 Å². The van der Waals surface area contributed by atoms with Gasteiger partial charge in [-0.1, -0.05) is 6.42 Å². The van der Waals surface area contributed by atoms with Crippen molar-refractivity contribution in [2.75, 3.05) is 6.61 Å². The SMILES string of the molecule is O=C(O)CCCCC1CCOC1=O. The monoisotopic (exact) mass is 186 g/mol. The van der Waals surface area contributed by atoms with Gasteiger partial charge in [-0.05, 0) is 19.3 Å². The molecule has 0 saturated carbocycles. The van der Waals surface area contributed by atoms with Gasteiger partial charge >= 0.3 is 11.9 Å². The molecule has 1 saturated heterocycles. The fraction of sp³-hybridized carbons (Fsp3) is 0.778. The van der Waals surface area contributed by atoms with Gasteiger partial charge in [-0.25, -0.2) is 0 Å². The zero-order valence-corrected chi connectivity index (χ0v) is 7.49. The van der Waals surface area contributed by atoms with Crippen LogP contribution in [0.2, 0.25) is 0 Å². The molecule has 0 aromatic rings. The molecular formula is C9H14O4. The van der Waals surface area contributed by atoms with Crippen LogP contribution < -0.4 is 0 Å². The predicted molar refractivity (Wildman–Crippen MR) is 45.2 cm³/mol. The van der Waals surface area contributed by atoms with Crippen LogP contribution in [0.1, 0.15) is 32.1 Å². The molecule has 0 bridgehead atoms. The van der Waals surface area contributed by atoms with Crippen LogP contribution in [0.5, 0.6) is 0 Å². The average molecular weight is 186 g/mol. The molecule has 13 heavy (non-hydrogen) atoms. The third-order valence-corrected chi connectivity index (χ3v) is 2.24. The summed E-state index contributed by atoms with van der Waals surface area (Å²) in [6.07, 6.45) is 3.21. The lowest BCUT2D eigenvalue weighted by Gasteiger charge is -2.03. The number of aliphatic carboxylic acids is 1. The molecule has 0 aliphatic carbocycles. The van der Waals surface area contributed by atoms with E-state index in [1.54, 1.807) is 0 Å². The first-order chi connectivity index (χ1) is 6.20. The highest BCUT2D eigenvalue weighted by atomic mass is 16.5. The molecule has 1 aliphatic rings. The van der Waals surface area contributed by atoms with E-state index < -0.39 is 5.97 Å². The summed E-state index contributed by atoms with van der Waals surface area (Å²) in [6, 6.07) is 0. The summed E-state index contributed by atoms with van der Waals surface area (Å²) >= 11 is 0. The van der Waals surface area contributed by atoms with Gasteiger partial charge in [0.2, 0.25) is 0 Å². The van der Waals surface area contributed by atoms with Gasteiger partial charge in [0.15, 0.2) is 0 Å². The van der Waals surface area contributed by atoms with Crippen molar-refractivity contribution >= 4 is 11.9 Å². The molecule has 1 atom stereocenters. The van der Waals surface area contributed by atoms with Crippen molar-refractivity contribution in [2.24, 2.45) is 5.92 Å². The first-order valence-corrected chi connectivity index (χ1v) is 4.58. The van der Waals surface area contributed by atoms with Crippen molar-refractivity contribution in [1.82, 2.24) is 0 Å². The fourth-order valence-corrected chi connectivity index (χ4v) is 1.47. The Bertz CT molecular complexity index is 200. The Kier molecular flexibility index (Phi) is 3.73. The molecular weight excluding hydrogens is 172 g/mol. The second kappa shape index (κ2) is 4.84. The third kappa shape index (κ3) is 3.44. The standard InChI is InChI=1S/C9H14O4/c10-8(11)4-2-1-3-7-5-6-13-9(7)12/h7H,1-6H2,(H,10,11). The molecule has 1 aliphatic heterocycles. The molecule has 74 valence electrons. The number of rotatable bonds is 5. The molecule has 4 heteroatoms. The van der Waals surface area contributed by atoms with E-state index in [4.69, 9.17) is 9.84 Å². The lowest BCUT2D eigenvalue weighted by Crippen LogP contribution is -2.07. The number of hydrogen-bond acceptors (Lipinski definition) is 3. The maximum atomic E-state index is 11.0. The maximum Gasteiger partial charge on any atom is 0.309 e. The second-order valence-corrected chi connectivity index (χ2v) is 3.29. The number of carboxylic acids is 1. The van der Waals surface area contributed by atoms with Crippen LogP contribution in [0.25, 0.3) is 0 Å². The van der Waals surface area contributed by atoms with Crippen molar-refractivity contribution in [3.63, 3.8) is 0 Å². The van der Waals surface area contributed by atoms with Crippen molar-refractivity contribution in [3.05, 3.63) is 0 Å². The van der Waals surface area contributed by atoms with E-state index in [9.17, 15) is 9.59 Å². The van der Waals surface area contributed by atoms with Gasteiger partial charge in [0.1, 0.15) is 0 Å². The number of hydrogen-bond donors (Lipinski definition) is 1. The lowest BCUT2D eigenvalue weighted by molar-refractivity contribution is -0.141. The highest BCUT2D eigenvalue weighted by Crippen LogP contribution is 2.20. The Morgan fingerprint density at radius 3 is 2.85 bits per heavy atom. The summed E-state index contributed by atoms with van der Waals surface area (Å²) < 4.78 is 4.79. The summed E-state index contributed by atoms with van der Waals surface area (Å²) in [5, 5.41) is 8.37. The van der Waals surface area contributed by atoms with Gasteiger partial charge in [-0.3, -0.25) is 9.59 Å². The first kappa shape index (κ1) is 10.0. The number of carbonyl (C=O) groups is 2. The summed E-state index contributed by atoms with van der Waals surface area (Å²) in [5.74, 6) is -0.863. The number of ether oxygens (including phenoxy) is 1. The Labute approximate surface area is 76.9 Å². The quantitative estimate of drug-likeness (QED) is 0.517. The Balaban J connectivity index is 2.05. The van der Waals surface area contributed by atoms with E-state index in [2.05, 4.69) is 0 Å². The minimum absolute atomic E-state index is 0.0220. The molecule has 1 N–H and O–H groups in total. The van der Waals surface area contributed by atoms with Crippen LogP contribution in [0.4, 0.5) is 0 Å². The molecule has 1 heterocycles. The first-order valence-electron chi connectivity index (χ1n) is 4.58. The van der Waals surface area contributed by atoms with E-state index in [1.165, 1.54) is 0 Å². The Hall–Kier alpha value is -1.06. The zero-order chi connectivity index (χ0) is 9.68. The smallest absolute Gasteiger partial charge is 0.309 e. The van der Waals surface area contributed by atoms with Crippen LogP contribution >= 0.6 is 0 Å². The van der Waals surface area contributed by atoms with Crippen molar-refractivity contribution < 1.29 is 19.4 Å². The van der Waals surface area contributed by atoms with Gasteiger partial charge in [0.25, 0.3) is 0 Å². The fourth-order valence-electron chi connectivity index (χ4n) is 1.47. The minimum Gasteiger partial charge on any atom is -0.481 e. The molecule has 0 aromatic carbocycles.